The molecule has 3 aromatic rings. The zero-order valence-corrected chi connectivity index (χ0v) is 19.3. The third-order valence-corrected chi connectivity index (χ3v) is 6.57. The van der Waals surface area contributed by atoms with Crippen molar-refractivity contribution in [3.05, 3.63) is 53.1 Å². The average Bonchev–Trinajstić information content (AvgIpc) is 3.13. The number of rotatable bonds is 5. The number of halogens is 7. The van der Waals surface area contributed by atoms with E-state index in [4.69, 9.17) is 0 Å². The number of aromatic nitrogens is 1. The summed E-state index contributed by atoms with van der Waals surface area (Å²) in [6.45, 7) is 3.08. The smallest absolute Gasteiger partial charge is 0.406 e. The van der Waals surface area contributed by atoms with Gasteiger partial charge >= 0.3 is 18.4 Å². The number of anilines is 1. The summed E-state index contributed by atoms with van der Waals surface area (Å²) in [5, 5.41) is 0. The Morgan fingerprint density at radius 2 is 1.61 bits per heavy atom. The third kappa shape index (κ3) is 6.35. The van der Waals surface area contributed by atoms with Gasteiger partial charge in [-0.25, -0.2) is 4.39 Å². The number of hydrogen-bond acceptors (Lipinski definition) is 5. The van der Waals surface area contributed by atoms with E-state index in [9.17, 15) is 35.5 Å². The predicted molar refractivity (Wildman–Crippen MR) is 118 cm³/mol. The van der Waals surface area contributed by atoms with E-state index in [1.807, 2.05) is 0 Å². The van der Waals surface area contributed by atoms with Crippen LogP contribution in [-0.4, -0.2) is 60.6 Å². The lowest BCUT2D eigenvalue weighted by molar-refractivity contribution is -0.274. The highest BCUT2D eigenvalue weighted by Gasteiger charge is 2.39. The first-order valence-corrected chi connectivity index (χ1v) is 11.5. The van der Waals surface area contributed by atoms with E-state index >= 15 is 0 Å². The Balaban J connectivity index is 1.53. The minimum Gasteiger partial charge on any atom is -0.406 e. The molecule has 194 valence electrons. The van der Waals surface area contributed by atoms with Crippen LogP contribution < -0.4 is 14.4 Å². The van der Waals surface area contributed by atoms with Gasteiger partial charge in [-0.1, -0.05) is 11.3 Å². The van der Waals surface area contributed by atoms with Gasteiger partial charge in [0.2, 0.25) is 0 Å². The maximum absolute atomic E-state index is 13.2. The van der Waals surface area contributed by atoms with E-state index in [-0.39, 0.29) is 21.9 Å². The molecule has 2 aromatic carbocycles. The van der Waals surface area contributed by atoms with Gasteiger partial charge in [0.1, 0.15) is 11.6 Å². The van der Waals surface area contributed by atoms with Gasteiger partial charge in [0, 0.05) is 45.0 Å². The number of alkyl halides is 6. The van der Waals surface area contributed by atoms with Crippen molar-refractivity contribution in [3.63, 3.8) is 0 Å². The first-order chi connectivity index (χ1) is 16.9. The predicted octanol–water partition coefficient (Wildman–Crippen LogP) is 4.55. The number of nitrogens with zero attached hydrogens (tertiary/aromatic N) is 4. The maximum atomic E-state index is 13.2. The van der Waals surface area contributed by atoms with E-state index in [0.717, 1.165) is 17.8 Å². The normalized spacial score (nSPS) is 16.1. The highest BCUT2D eigenvalue weighted by Crippen LogP contribution is 2.28. The summed E-state index contributed by atoms with van der Waals surface area (Å²) in [5.74, 6) is -3.17. The van der Waals surface area contributed by atoms with E-state index in [1.165, 1.54) is 22.8 Å². The van der Waals surface area contributed by atoms with Crippen LogP contribution in [-0.2, 0) is 11.3 Å². The van der Waals surface area contributed by atoms with Crippen LogP contribution in [0.3, 0.4) is 0 Å². The van der Waals surface area contributed by atoms with Gasteiger partial charge in [0.15, 0.2) is 4.80 Å². The fourth-order valence-electron chi connectivity index (χ4n) is 3.83. The first kappa shape index (κ1) is 25.9. The molecule has 4 rings (SSSR count). The van der Waals surface area contributed by atoms with Crippen LogP contribution in [0.5, 0.6) is 5.75 Å². The Morgan fingerprint density at radius 3 is 2.22 bits per heavy atom. The molecule has 1 fully saturated rings. The van der Waals surface area contributed by atoms with Gasteiger partial charge < -0.3 is 14.2 Å². The Hall–Kier alpha value is -3.13. The number of amides is 1. The summed E-state index contributed by atoms with van der Waals surface area (Å²) < 4.78 is 94.8. The molecule has 0 unspecified atom stereocenters. The lowest BCUT2D eigenvalue weighted by Gasteiger charge is -2.36. The Bertz CT molecular complexity index is 1290. The van der Waals surface area contributed by atoms with Gasteiger partial charge in [-0.05, 0) is 42.5 Å². The molecule has 0 aliphatic carbocycles. The largest absolute Gasteiger partial charge is 0.573 e. The van der Waals surface area contributed by atoms with Crippen molar-refractivity contribution >= 4 is 33.1 Å². The average molecular weight is 536 g/mol. The zero-order chi connectivity index (χ0) is 26.1. The molecule has 1 amide bonds. The van der Waals surface area contributed by atoms with E-state index in [2.05, 4.69) is 19.5 Å². The van der Waals surface area contributed by atoms with E-state index in [1.54, 1.807) is 12.1 Å². The van der Waals surface area contributed by atoms with E-state index < -0.39 is 24.2 Å². The quantitative estimate of drug-likeness (QED) is 0.449. The number of benzene rings is 2. The molecular weight excluding hydrogens is 517 g/mol. The van der Waals surface area contributed by atoms with Crippen molar-refractivity contribution < 1.29 is 40.3 Å². The van der Waals surface area contributed by atoms with Crippen LogP contribution >= 0.6 is 11.3 Å². The summed E-state index contributed by atoms with van der Waals surface area (Å²) in [4.78, 5) is 18.6. The van der Waals surface area contributed by atoms with E-state index in [0.29, 0.717) is 49.6 Å². The third-order valence-electron chi connectivity index (χ3n) is 5.53. The van der Waals surface area contributed by atoms with Crippen LogP contribution in [0.15, 0.2) is 47.5 Å². The molecule has 6 nitrogen and oxygen atoms in total. The lowest BCUT2D eigenvalue weighted by Crippen LogP contribution is -2.47. The molecule has 0 saturated carbocycles. The molecule has 1 aliphatic heterocycles. The van der Waals surface area contributed by atoms with Gasteiger partial charge in [-0.3, -0.25) is 9.69 Å². The molecule has 2 heterocycles. The van der Waals surface area contributed by atoms with Gasteiger partial charge in [0.05, 0.1) is 10.2 Å². The van der Waals surface area contributed by atoms with Crippen molar-refractivity contribution in [2.45, 2.75) is 19.1 Å². The van der Waals surface area contributed by atoms with Gasteiger partial charge in [-0.2, -0.15) is 18.2 Å². The Morgan fingerprint density at radius 1 is 0.944 bits per heavy atom. The van der Waals surface area contributed by atoms with Crippen molar-refractivity contribution in [3.8, 4) is 5.75 Å². The minimum atomic E-state index is -5.19. The fraction of sp³-hybridized carbons (Fsp3) is 0.364. The van der Waals surface area contributed by atoms with Crippen LogP contribution in [0.1, 0.15) is 0 Å². The number of ether oxygens (including phenoxy) is 1. The second kappa shape index (κ2) is 10.1. The summed E-state index contributed by atoms with van der Waals surface area (Å²) in [5.41, 5.74) is 1.20. The SMILES string of the molecule is O=C(N=c1sc2cc(OC(F)(F)F)ccc2n1CCN1CCN(c2ccc(F)cc2)CC1)C(F)(F)F. The number of piperazine rings is 1. The molecular formula is C22H19F7N4O2S. The van der Waals surface area contributed by atoms with Gasteiger partial charge in [-0.15, -0.1) is 13.2 Å². The minimum absolute atomic E-state index is 0.153. The summed E-state index contributed by atoms with van der Waals surface area (Å²) >= 11 is 0.665. The fourth-order valence-corrected chi connectivity index (χ4v) is 4.91. The summed E-state index contributed by atoms with van der Waals surface area (Å²) in [7, 11) is 0. The molecule has 0 bridgehead atoms. The zero-order valence-electron chi connectivity index (χ0n) is 18.4. The molecule has 0 radical (unpaired) electrons. The molecule has 1 aliphatic rings. The lowest BCUT2D eigenvalue weighted by atomic mass is 10.2. The van der Waals surface area contributed by atoms with Crippen LogP contribution in [0.2, 0.25) is 0 Å². The molecule has 1 aromatic heterocycles. The Labute approximate surface area is 203 Å². The number of thiazole rings is 1. The topological polar surface area (TPSA) is 50.1 Å². The second-order valence-corrected chi connectivity index (χ2v) is 8.94. The number of fused-ring (bicyclic) bond motifs is 1. The molecule has 14 heteroatoms. The van der Waals surface area contributed by atoms with Crippen molar-refractivity contribution in [1.29, 1.82) is 0 Å². The number of carbonyl (C=O) groups is 1. The van der Waals surface area contributed by atoms with Crippen LogP contribution in [0, 0.1) is 5.82 Å². The highest BCUT2D eigenvalue weighted by molar-refractivity contribution is 7.16. The number of hydrogen-bond donors (Lipinski definition) is 0. The Kier molecular flexibility index (Phi) is 7.27. The first-order valence-electron chi connectivity index (χ1n) is 10.7. The second-order valence-electron chi connectivity index (χ2n) is 7.93. The van der Waals surface area contributed by atoms with Crippen molar-refractivity contribution in [2.24, 2.45) is 4.99 Å². The van der Waals surface area contributed by atoms with Crippen LogP contribution in [0.4, 0.5) is 36.4 Å². The highest BCUT2D eigenvalue weighted by atomic mass is 32.1. The molecule has 0 atom stereocenters. The van der Waals surface area contributed by atoms with Gasteiger partial charge in [0.25, 0.3) is 0 Å². The van der Waals surface area contributed by atoms with Crippen molar-refractivity contribution in [2.75, 3.05) is 37.6 Å². The molecule has 0 N–H and O–H groups in total. The molecule has 1 saturated heterocycles. The van der Waals surface area contributed by atoms with Crippen molar-refractivity contribution in [1.82, 2.24) is 9.47 Å². The standard InChI is InChI=1S/C22H19F7N4O2S/c23-14-1-3-15(4-2-14)32-10-7-31(8-11-32)9-12-33-17-6-5-16(35-22(27,28)29)13-18(17)36-20(33)30-19(34)21(24,25)26/h1-6,13H,7-12H2. The monoisotopic (exact) mass is 536 g/mol. The maximum Gasteiger partial charge on any atom is 0.573 e. The molecule has 36 heavy (non-hydrogen) atoms. The summed E-state index contributed by atoms with van der Waals surface area (Å²) in [6, 6.07) is 9.49. The van der Waals surface area contributed by atoms with Crippen LogP contribution in [0.25, 0.3) is 10.2 Å². The molecule has 0 spiro atoms. The summed E-state index contributed by atoms with van der Waals surface area (Å²) in [6.07, 6.45) is -10.1. The number of carbonyl (C=O) groups excluding carboxylic acids is 1.